The van der Waals surface area contributed by atoms with Crippen LogP contribution >= 0.6 is 11.8 Å². The summed E-state index contributed by atoms with van der Waals surface area (Å²) in [6.45, 7) is 2.08. The minimum atomic E-state index is 0.806. The average Bonchev–Trinajstić information content (AvgIpc) is 2.62. The molecular formula is C12H17NS. The van der Waals surface area contributed by atoms with Gasteiger partial charge in [-0.1, -0.05) is 18.9 Å². The molecular weight excluding hydrogens is 190 g/mol. The zero-order chi connectivity index (χ0) is 9.97. The normalized spacial score (nSPS) is 17.5. The van der Waals surface area contributed by atoms with Crippen LogP contribution in [0.5, 0.6) is 0 Å². The van der Waals surface area contributed by atoms with Crippen LogP contribution in [-0.2, 0) is 0 Å². The largest absolute Gasteiger partial charge is 0.398 e. The van der Waals surface area contributed by atoms with Crippen LogP contribution in [0.4, 0.5) is 5.69 Å². The molecule has 1 aliphatic rings. The van der Waals surface area contributed by atoms with Crippen LogP contribution in [0.15, 0.2) is 23.1 Å². The molecule has 76 valence electrons. The van der Waals surface area contributed by atoms with Gasteiger partial charge in [0.2, 0.25) is 0 Å². The van der Waals surface area contributed by atoms with Gasteiger partial charge in [0.1, 0.15) is 0 Å². The van der Waals surface area contributed by atoms with E-state index in [2.05, 4.69) is 25.1 Å². The lowest BCUT2D eigenvalue weighted by Crippen LogP contribution is -1.96. The Bertz CT molecular complexity index is 316. The Labute approximate surface area is 90.1 Å². The molecule has 1 aliphatic carbocycles. The summed E-state index contributed by atoms with van der Waals surface area (Å²) in [5.41, 5.74) is 8.17. The predicted octanol–water partition coefficient (Wildman–Crippen LogP) is 3.61. The molecule has 0 aromatic heterocycles. The molecule has 0 unspecified atom stereocenters. The molecule has 0 atom stereocenters. The summed E-state index contributed by atoms with van der Waals surface area (Å²) < 4.78 is 0. The molecule has 1 fully saturated rings. The van der Waals surface area contributed by atoms with E-state index in [0.29, 0.717) is 0 Å². The van der Waals surface area contributed by atoms with Gasteiger partial charge >= 0.3 is 0 Å². The van der Waals surface area contributed by atoms with Gasteiger partial charge in [0, 0.05) is 15.8 Å². The van der Waals surface area contributed by atoms with E-state index in [1.54, 1.807) is 0 Å². The van der Waals surface area contributed by atoms with Crippen molar-refractivity contribution in [1.29, 1.82) is 0 Å². The van der Waals surface area contributed by atoms with Crippen LogP contribution in [0.2, 0.25) is 0 Å². The molecule has 0 spiro atoms. The van der Waals surface area contributed by atoms with Crippen molar-refractivity contribution in [3.63, 3.8) is 0 Å². The highest BCUT2D eigenvalue weighted by Crippen LogP contribution is 2.37. The molecule has 2 rings (SSSR count). The predicted molar refractivity (Wildman–Crippen MR) is 63.7 cm³/mol. The Hall–Kier alpha value is -0.630. The fourth-order valence-corrected chi connectivity index (χ4v) is 3.23. The molecule has 0 radical (unpaired) electrons. The number of nitrogen functional groups attached to an aromatic ring is 1. The van der Waals surface area contributed by atoms with Crippen molar-refractivity contribution >= 4 is 17.4 Å². The van der Waals surface area contributed by atoms with E-state index in [4.69, 9.17) is 5.73 Å². The molecule has 0 aliphatic heterocycles. The van der Waals surface area contributed by atoms with Crippen molar-refractivity contribution in [2.75, 3.05) is 5.73 Å². The van der Waals surface area contributed by atoms with Crippen molar-refractivity contribution in [1.82, 2.24) is 0 Å². The molecule has 0 bridgehead atoms. The molecule has 0 heterocycles. The van der Waals surface area contributed by atoms with Gasteiger partial charge in [-0.25, -0.2) is 0 Å². The maximum absolute atomic E-state index is 5.98. The highest BCUT2D eigenvalue weighted by Gasteiger charge is 2.16. The molecule has 2 heteroatoms. The third-order valence-corrected chi connectivity index (χ3v) is 4.19. The van der Waals surface area contributed by atoms with Gasteiger partial charge in [0.25, 0.3) is 0 Å². The summed E-state index contributed by atoms with van der Waals surface area (Å²) in [7, 11) is 0. The molecule has 1 aromatic carbocycles. The zero-order valence-corrected chi connectivity index (χ0v) is 9.44. The van der Waals surface area contributed by atoms with Crippen LogP contribution < -0.4 is 5.73 Å². The van der Waals surface area contributed by atoms with Crippen LogP contribution in [-0.4, -0.2) is 5.25 Å². The summed E-state index contributed by atoms with van der Waals surface area (Å²) in [6, 6.07) is 6.37. The number of rotatable bonds is 2. The van der Waals surface area contributed by atoms with Crippen molar-refractivity contribution in [3.05, 3.63) is 23.8 Å². The smallest absolute Gasteiger partial charge is 0.0454 e. The molecule has 14 heavy (non-hydrogen) atoms. The monoisotopic (exact) mass is 207 g/mol. The first-order valence-electron chi connectivity index (χ1n) is 5.28. The summed E-state index contributed by atoms with van der Waals surface area (Å²) >= 11 is 1.96. The summed E-state index contributed by atoms with van der Waals surface area (Å²) in [4.78, 5) is 1.27. The number of nitrogens with two attached hydrogens (primary N) is 1. The highest BCUT2D eigenvalue weighted by molar-refractivity contribution is 8.00. The lowest BCUT2D eigenvalue weighted by Gasteiger charge is -2.11. The number of hydrogen-bond donors (Lipinski definition) is 1. The van der Waals surface area contributed by atoms with Gasteiger partial charge in [-0.2, -0.15) is 0 Å². The van der Waals surface area contributed by atoms with Crippen molar-refractivity contribution in [3.8, 4) is 0 Å². The van der Waals surface area contributed by atoms with Gasteiger partial charge in [-0.15, -0.1) is 11.8 Å². The van der Waals surface area contributed by atoms with E-state index in [1.807, 2.05) is 11.8 Å². The second-order valence-corrected chi connectivity index (χ2v) is 5.41. The van der Waals surface area contributed by atoms with Gasteiger partial charge in [0.05, 0.1) is 0 Å². The lowest BCUT2D eigenvalue weighted by atomic mass is 10.2. The standard InChI is InChI=1S/C12H17NS/c1-9-6-7-12(11(13)8-9)14-10-4-2-3-5-10/h6-8,10H,2-5,13H2,1H3. The second kappa shape index (κ2) is 4.26. The maximum Gasteiger partial charge on any atom is 0.0454 e. The Morgan fingerprint density at radius 3 is 2.64 bits per heavy atom. The topological polar surface area (TPSA) is 26.0 Å². The molecule has 0 saturated heterocycles. The van der Waals surface area contributed by atoms with Gasteiger partial charge in [-0.05, 0) is 37.5 Å². The van der Waals surface area contributed by atoms with E-state index >= 15 is 0 Å². The van der Waals surface area contributed by atoms with E-state index < -0.39 is 0 Å². The summed E-state index contributed by atoms with van der Waals surface area (Å²) in [6.07, 6.45) is 5.50. The minimum absolute atomic E-state index is 0.806. The number of thioether (sulfide) groups is 1. The van der Waals surface area contributed by atoms with Crippen molar-refractivity contribution in [2.24, 2.45) is 0 Å². The van der Waals surface area contributed by atoms with E-state index in [9.17, 15) is 0 Å². The Morgan fingerprint density at radius 1 is 1.29 bits per heavy atom. The summed E-state index contributed by atoms with van der Waals surface area (Å²) in [5, 5.41) is 0.806. The minimum Gasteiger partial charge on any atom is -0.398 e. The third kappa shape index (κ3) is 2.24. The first-order chi connectivity index (χ1) is 6.75. The first-order valence-corrected chi connectivity index (χ1v) is 6.16. The third-order valence-electron chi connectivity index (χ3n) is 2.76. The molecule has 2 N–H and O–H groups in total. The highest BCUT2D eigenvalue weighted by atomic mass is 32.2. The molecule has 1 nitrogen and oxygen atoms in total. The first kappa shape index (κ1) is 9.91. The van der Waals surface area contributed by atoms with Crippen LogP contribution in [0.1, 0.15) is 31.2 Å². The van der Waals surface area contributed by atoms with E-state index in [1.165, 1.54) is 36.1 Å². The zero-order valence-electron chi connectivity index (χ0n) is 8.62. The maximum atomic E-state index is 5.98. The van der Waals surface area contributed by atoms with Crippen LogP contribution in [0, 0.1) is 6.92 Å². The van der Waals surface area contributed by atoms with Crippen molar-refractivity contribution < 1.29 is 0 Å². The number of benzene rings is 1. The number of aryl methyl sites for hydroxylation is 1. The molecule has 0 amide bonds. The van der Waals surface area contributed by atoms with Crippen molar-refractivity contribution in [2.45, 2.75) is 42.8 Å². The van der Waals surface area contributed by atoms with Gasteiger partial charge < -0.3 is 5.73 Å². The fraction of sp³-hybridized carbons (Fsp3) is 0.500. The van der Waals surface area contributed by atoms with Gasteiger partial charge in [-0.3, -0.25) is 0 Å². The lowest BCUT2D eigenvalue weighted by molar-refractivity contribution is 0.886. The Kier molecular flexibility index (Phi) is 3.02. The summed E-state index contributed by atoms with van der Waals surface area (Å²) in [5.74, 6) is 0. The Morgan fingerprint density at radius 2 is 2.00 bits per heavy atom. The van der Waals surface area contributed by atoms with E-state index in [-0.39, 0.29) is 0 Å². The second-order valence-electron chi connectivity index (χ2n) is 4.07. The molecule has 1 aromatic rings. The molecule has 1 saturated carbocycles. The fourth-order valence-electron chi connectivity index (χ4n) is 1.96. The van der Waals surface area contributed by atoms with E-state index in [0.717, 1.165) is 10.9 Å². The quantitative estimate of drug-likeness (QED) is 0.750. The SMILES string of the molecule is Cc1ccc(SC2CCCC2)c(N)c1. The van der Waals surface area contributed by atoms with Crippen LogP contribution in [0.3, 0.4) is 0 Å². The van der Waals surface area contributed by atoms with Crippen LogP contribution in [0.25, 0.3) is 0 Å². The average molecular weight is 207 g/mol. The number of anilines is 1. The Balaban J connectivity index is 2.08. The van der Waals surface area contributed by atoms with Gasteiger partial charge in [0.15, 0.2) is 0 Å². The number of hydrogen-bond acceptors (Lipinski definition) is 2.